The van der Waals surface area contributed by atoms with Crippen LogP contribution in [0, 0.1) is 6.92 Å². The molecule has 0 saturated heterocycles. The van der Waals surface area contributed by atoms with Gasteiger partial charge in [0.25, 0.3) is 0 Å². The van der Waals surface area contributed by atoms with Crippen molar-refractivity contribution in [3.8, 4) is 0 Å². The van der Waals surface area contributed by atoms with Crippen LogP contribution in [0.25, 0.3) is 17.0 Å². The van der Waals surface area contributed by atoms with E-state index in [0.29, 0.717) is 0 Å². The van der Waals surface area contributed by atoms with Gasteiger partial charge in [-0.3, -0.25) is 0 Å². The molecule has 0 aliphatic heterocycles. The number of carboxylic acid groups (broad SMARTS) is 1. The first kappa shape index (κ1) is 10.5. The number of fused-ring (bicyclic) bond motifs is 1. The molecule has 1 N–H and O–H groups in total. The highest BCUT2D eigenvalue weighted by Gasteiger charge is 2.03. The molecule has 82 valence electrons. The maximum absolute atomic E-state index is 10.5. The lowest BCUT2D eigenvalue weighted by Crippen LogP contribution is -1.92. The van der Waals surface area contributed by atoms with Gasteiger partial charge in [0.05, 0.1) is 0 Å². The molecule has 2 rings (SSSR count). The van der Waals surface area contributed by atoms with Crippen molar-refractivity contribution >= 4 is 22.9 Å². The summed E-state index contributed by atoms with van der Waals surface area (Å²) in [6.45, 7) is 2.04. The molecule has 1 heterocycles. The third kappa shape index (κ3) is 1.84. The third-order valence-corrected chi connectivity index (χ3v) is 2.63. The zero-order valence-corrected chi connectivity index (χ0v) is 9.27. The number of aromatic nitrogens is 1. The van der Waals surface area contributed by atoms with Crippen molar-refractivity contribution in [2.24, 2.45) is 7.05 Å². The van der Waals surface area contributed by atoms with Crippen molar-refractivity contribution in [3.63, 3.8) is 0 Å². The summed E-state index contributed by atoms with van der Waals surface area (Å²) in [6.07, 6.45) is 2.76. The van der Waals surface area contributed by atoms with Gasteiger partial charge in [0.2, 0.25) is 0 Å². The Bertz CT molecular complexity index is 579. The van der Waals surface area contributed by atoms with Crippen LogP contribution in [0.1, 0.15) is 11.3 Å². The number of carboxylic acids is 1. The van der Waals surface area contributed by atoms with Crippen LogP contribution in [-0.4, -0.2) is 15.6 Å². The quantitative estimate of drug-likeness (QED) is 0.782. The van der Waals surface area contributed by atoms with Crippen molar-refractivity contribution in [1.29, 1.82) is 0 Å². The van der Waals surface area contributed by atoms with Crippen LogP contribution in [0.4, 0.5) is 0 Å². The van der Waals surface area contributed by atoms with E-state index in [1.54, 1.807) is 6.08 Å². The number of aryl methyl sites for hydroxylation is 2. The van der Waals surface area contributed by atoms with Crippen LogP contribution in [-0.2, 0) is 11.8 Å². The molecule has 0 unspecified atom stereocenters. The van der Waals surface area contributed by atoms with Gasteiger partial charge >= 0.3 is 5.97 Å². The van der Waals surface area contributed by atoms with Gasteiger partial charge < -0.3 is 9.67 Å². The standard InChI is InChI=1S/C13H13NO2/c1-9-3-4-10-8-11(5-6-13(15)16)14(2)12(10)7-9/h3-8H,1-2H3,(H,15,16)/b6-5+. The third-order valence-electron chi connectivity index (χ3n) is 2.63. The van der Waals surface area contributed by atoms with Gasteiger partial charge in [-0.2, -0.15) is 0 Å². The molecule has 0 aliphatic rings. The Morgan fingerprint density at radius 1 is 1.38 bits per heavy atom. The largest absolute Gasteiger partial charge is 0.478 e. The molecule has 0 radical (unpaired) electrons. The lowest BCUT2D eigenvalue weighted by atomic mass is 10.2. The number of rotatable bonds is 2. The Balaban J connectivity index is 2.56. The zero-order valence-electron chi connectivity index (χ0n) is 9.27. The molecule has 3 heteroatoms. The fourth-order valence-electron chi connectivity index (χ4n) is 1.78. The zero-order chi connectivity index (χ0) is 11.7. The van der Waals surface area contributed by atoms with Gasteiger partial charge in [-0.1, -0.05) is 12.1 Å². The molecule has 0 bridgehead atoms. The molecule has 0 saturated carbocycles. The second-order valence-electron chi connectivity index (χ2n) is 3.86. The van der Waals surface area contributed by atoms with E-state index in [0.717, 1.165) is 22.7 Å². The molecule has 16 heavy (non-hydrogen) atoms. The van der Waals surface area contributed by atoms with Gasteiger partial charge in [0.1, 0.15) is 0 Å². The van der Waals surface area contributed by atoms with Crippen molar-refractivity contribution < 1.29 is 9.90 Å². The van der Waals surface area contributed by atoms with Crippen LogP contribution >= 0.6 is 0 Å². The maximum atomic E-state index is 10.5. The molecule has 0 fully saturated rings. The van der Waals surface area contributed by atoms with Crippen molar-refractivity contribution in [2.45, 2.75) is 6.92 Å². The molecule has 1 aromatic heterocycles. The van der Waals surface area contributed by atoms with Gasteiger partial charge in [0.15, 0.2) is 0 Å². The van der Waals surface area contributed by atoms with Crippen LogP contribution < -0.4 is 0 Å². The van der Waals surface area contributed by atoms with Crippen LogP contribution in [0.5, 0.6) is 0 Å². The summed E-state index contributed by atoms with van der Waals surface area (Å²) in [5.74, 6) is -0.929. The summed E-state index contributed by atoms with van der Waals surface area (Å²) in [5, 5.41) is 9.71. The summed E-state index contributed by atoms with van der Waals surface area (Å²) in [6, 6.07) is 8.16. The van der Waals surface area contributed by atoms with Gasteiger partial charge in [-0.05, 0) is 30.7 Å². The van der Waals surface area contributed by atoms with E-state index in [1.807, 2.05) is 36.7 Å². The number of nitrogens with zero attached hydrogens (tertiary/aromatic N) is 1. The van der Waals surface area contributed by atoms with Gasteiger partial charge in [0, 0.05) is 29.7 Å². The van der Waals surface area contributed by atoms with Gasteiger partial charge in [-0.15, -0.1) is 0 Å². The number of aliphatic carboxylic acids is 1. The first-order valence-corrected chi connectivity index (χ1v) is 5.05. The Labute approximate surface area is 93.6 Å². The topological polar surface area (TPSA) is 42.2 Å². The van der Waals surface area contributed by atoms with Gasteiger partial charge in [-0.25, -0.2) is 4.79 Å². The normalized spacial score (nSPS) is 11.4. The van der Waals surface area contributed by atoms with E-state index in [2.05, 4.69) is 6.07 Å². The minimum atomic E-state index is -0.929. The lowest BCUT2D eigenvalue weighted by molar-refractivity contribution is -0.131. The Kier molecular flexibility index (Phi) is 2.52. The van der Waals surface area contributed by atoms with Crippen molar-refractivity contribution in [3.05, 3.63) is 41.6 Å². The highest BCUT2D eigenvalue weighted by molar-refractivity contribution is 5.88. The summed E-state index contributed by atoms with van der Waals surface area (Å²) >= 11 is 0. The molecular weight excluding hydrogens is 202 g/mol. The average Bonchev–Trinajstić information content (AvgIpc) is 2.53. The average molecular weight is 215 g/mol. The number of benzene rings is 1. The van der Waals surface area contributed by atoms with E-state index in [-0.39, 0.29) is 0 Å². The minimum absolute atomic E-state index is 0.892. The highest BCUT2D eigenvalue weighted by atomic mass is 16.4. The smallest absolute Gasteiger partial charge is 0.328 e. The molecular formula is C13H13NO2. The minimum Gasteiger partial charge on any atom is -0.478 e. The van der Waals surface area contributed by atoms with E-state index in [9.17, 15) is 4.79 Å². The van der Waals surface area contributed by atoms with E-state index in [1.165, 1.54) is 5.56 Å². The fraction of sp³-hybridized carbons (Fsp3) is 0.154. The van der Waals surface area contributed by atoms with Crippen LogP contribution in [0.2, 0.25) is 0 Å². The second-order valence-corrected chi connectivity index (χ2v) is 3.86. The predicted octanol–water partition coefficient (Wildman–Crippen LogP) is 2.58. The van der Waals surface area contributed by atoms with Crippen LogP contribution in [0.3, 0.4) is 0 Å². The summed E-state index contributed by atoms with van der Waals surface area (Å²) in [5.41, 5.74) is 3.20. The molecule has 0 atom stereocenters. The van der Waals surface area contributed by atoms with E-state index >= 15 is 0 Å². The summed E-state index contributed by atoms with van der Waals surface area (Å²) < 4.78 is 1.99. The van der Waals surface area contributed by atoms with Crippen molar-refractivity contribution in [1.82, 2.24) is 4.57 Å². The molecule has 0 amide bonds. The number of hydrogen-bond donors (Lipinski definition) is 1. The van der Waals surface area contributed by atoms with Crippen molar-refractivity contribution in [2.75, 3.05) is 0 Å². The molecule has 1 aromatic carbocycles. The fourth-order valence-corrected chi connectivity index (χ4v) is 1.78. The Morgan fingerprint density at radius 2 is 2.12 bits per heavy atom. The van der Waals surface area contributed by atoms with Crippen LogP contribution in [0.15, 0.2) is 30.3 Å². The monoisotopic (exact) mass is 215 g/mol. The molecule has 2 aromatic rings. The predicted molar refractivity (Wildman–Crippen MR) is 64.3 cm³/mol. The Hall–Kier alpha value is -2.03. The maximum Gasteiger partial charge on any atom is 0.328 e. The summed E-state index contributed by atoms with van der Waals surface area (Å²) in [7, 11) is 1.93. The second kappa shape index (κ2) is 3.85. The SMILES string of the molecule is Cc1ccc2cc(/C=C/C(=O)O)n(C)c2c1. The first-order valence-electron chi connectivity index (χ1n) is 5.05. The number of carbonyl (C=O) groups is 1. The summed E-state index contributed by atoms with van der Waals surface area (Å²) in [4.78, 5) is 10.5. The lowest BCUT2D eigenvalue weighted by Gasteiger charge is -1.99. The molecule has 0 spiro atoms. The molecule has 3 nitrogen and oxygen atoms in total. The molecule has 0 aliphatic carbocycles. The Morgan fingerprint density at radius 3 is 2.81 bits per heavy atom. The number of hydrogen-bond acceptors (Lipinski definition) is 1. The highest BCUT2D eigenvalue weighted by Crippen LogP contribution is 2.20. The first-order chi connectivity index (χ1) is 7.58. The van der Waals surface area contributed by atoms with E-state index in [4.69, 9.17) is 5.11 Å². The van der Waals surface area contributed by atoms with E-state index < -0.39 is 5.97 Å².